The molecule has 35 heavy (non-hydrogen) atoms. The van der Waals surface area contributed by atoms with Gasteiger partial charge in [0.05, 0.1) is 12.8 Å². The van der Waals surface area contributed by atoms with E-state index in [-0.39, 0.29) is 0 Å². The summed E-state index contributed by atoms with van der Waals surface area (Å²) in [6, 6.07) is 20.7. The molecule has 0 aliphatic heterocycles. The third-order valence-electron chi connectivity index (χ3n) is 5.87. The van der Waals surface area contributed by atoms with Crippen molar-refractivity contribution in [1.82, 2.24) is 9.97 Å². The highest BCUT2D eigenvalue weighted by molar-refractivity contribution is 5.83. The van der Waals surface area contributed by atoms with Crippen LogP contribution in [0.15, 0.2) is 72.0 Å². The van der Waals surface area contributed by atoms with E-state index in [1.54, 1.807) is 0 Å². The Morgan fingerprint density at radius 1 is 1.03 bits per heavy atom. The van der Waals surface area contributed by atoms with Crippen molar-refractivity contribution in [1.29, 1.82) is 0 Å². The third kappa shape index (κ3) is 6.63. The van der Waals surface area contributed by atoms with Gasteiger partial charge < -0.3 is 14.6 Å². The first kappa shape index (κ1) is 24.3. The van der Waals surface area contributed by atoms with Gasteiger partial charge in [0.2, 0.25) is 5.88 Å². The number of aryl methyl sites for hydroxylation is 1. The highest BCUT2D eigenvalue weighted by atomic mass is 16.5. The van der Waals surface area contributed by atoms with Crippen molar-refractivity contribution in [2.45, 2.75) is 40.0 Å². The van der Waals surface area contributed by atoms with Crippen LogP contribution in [0.1, 0.15) is 43.4 Å². The molecule has 0 unspecified atom stereocenters. The molecule has 0 saturated heterocycles. The third-order valence-corrected chi connectivity index (χ3v) is 5.87. The quantitative estimate of drug-likeness (QED) is 0.182. The fourth-order valence-electron chi connectivity index (χ4n) is 4.24. The highest BCUT2D eigenvalue weighted by Crippen LogP contribution is 2.25. The van der Waals surface area contributed by atoms with Crippen molar-refractivity contribution in [3.63, 3.8) is 0 Å². The van der Waals surface area contributed by atoms with Gasteiger partial charge in [-0.15, -0.1) is 0 Å². The van der Waals surface area contributed by atoms with Gasteiger partial charge in [0.15, 0.2) is 5.82 Å². The van der Waals surface area contributed by atoms with E-state index in [9.17, 15) is 0 Å². The van der Waals surface area contributed by atoms with Crippen molar-refractivity contribution in [2.75, 3.05) is 30.0 Å². The molecule has 2 N–H and O–H groups in total. The summed E-state index contributed by atoms with van der Waals surface area (Å²) in [5.41, 5.74) is 8.85. The van der Waals surface area contributed by atoms with Gasteiger partial charge in [-0.05, 0) is 37.0 Å². The maximum Gasteiger partial charge on any atom is 0.217 e. The zero-order valence-corrected chi connectivity index (χ0v) is 20.9. The summed E-state index contributed by atoms with van der Waals surface area (Å²) in [7, 11) is 0. The molecule has 0 spiro atoms. The Bertz CT molecular complexity index is 1260. The minimum Gasteiger partial charge on any atom is -0.477 e. The van der Waals surface area contributed by atoms with E-state index in [1.807, 2.05) is 36.5 Å². The predicted octanol–water partition coefficient (Wildman–Crippen LogP) is 6.57. The van der Waals surface area contributed by atoms with Gasteiger partial charge >= 0.3 is 0 Å². The maximum atomic E-state index is 6.15. The molecule has 0 amide bonds. The Balaban J connectivity index is 1.50. The zero-order chi connectivity index (χ0) is 24.5. The summed E-state index contributed by atoms with van der Waals surface area (Å²) in [5.74, 6) is 1.28. The number of fused-ring (bicyclic) bond motifs is 1. The number of aromatic amines is 1. The summed E-state index contributed by atoms with van der Waals surface area (Å²) < 4.78 is 6.15. The van der Waals surface area contributed by atoms with Crippen LogP contribution in [0.25, 0.3) is 10.9 Å². The van der Waals surface area contributed by atoms with E-state index in [2.05, 4.69) is 82.7 Å². The molecule has 0 aliphatic carbocycles. The summed E-state index contributed by atoms with van der Waals surface area (Å²) >= 11 is 0. The average Bonchev–Trinajstić information content (AvgIpc) is 3.27. The molecule has 0 bridgehead atoms. The molecule has 182 valence electrons. The Labute approximate surface area is 208 Å². The number of ether oxygens (including phenoxy) is 1. The number of anilines is 2. The van der Waals surface area contributed by atoms with Crippen molar-refractivity contribution < 1.29 is 4.74 Å². The number of hydrogen-bond acceptors (Lipinski definition) is 5. The number of nitrogens with one attached hydrogen (secondary N) is 2. The standard InChI is InChI=1S/C29H35N5O/c1-4-14-34(15-5-2)25-18-28(33-31-20-23-10-8-9-22(3)17-23)32-29(19-25)35-16-13-24-21-30-27-12-7-6-11-26(24)27/h6-12,17-21,30H,4-5,13-16H2,1-3H3,(H,32,33)/b31-20+. The fraction of sp³-hybridized carbons (Fsp3) is 0.310. The van der Waals surface area contributed by atoms with Crippen LogP contribution in [-0.4, -0.2) is 35.9 Å². The van der Waals surface area contributed by atoms with E-state index in [0.717, 1.165) is 49.1 Å². The number of H-pyrrole nitrogens is 1. The molecule has 2 aromatic carbocycles. The number of aromatic nitrogens is 2. The Hall–Kier alpha value is -3.80. The molecule has 2 heterocycles. The van der Waals surface area contributed by atoms with Crippen LogP contribution in [0.5, 0.6) is 5.88 Å². The van der Waals surface area contributed by atoms with Crippen LogP contribution in [0.2, 0.25) is 0 Å². The lowest BCUT2D eigenvalue weighted by Gasteiger charge is -2.24. The average molecular weight is 470 g/mol. The minimum absolute atomic E-state index is 0.547. The lowest BCUT2D eigenvalue weighted by molar-refractivity contribution is 0.310. The van der Waals surface area contributed by atoms with Gasteiger partial charge in [-0.3, -0.25) is 5.43 Å². The molecule has 0 saturated carbocycles. The van der Waals surface area contributed by atoms with E-state index >= 15 is 0 Å². The van der Waals surface area contributed by atoms with Crippen LogP contribution in [0.3, 0.4) is 0 Å². The normalized spacial score (nSPS) is 11.3. The molecule has 0 radical (unpaired) electrons. The van der Waals surface area contributed by atoms with Crippen LogP contribution in [0.4, 0.5) is 11.5 Å². The summed E-state index contributed by atoms with van der Waals surface area (Å²) in [6.45, 7) is 9.00. The molecular formula is C29H35N5O. The molecule has 6 heteroatoms. The van der Waals surface area contributed by atoms with Gasteiger partial charge in [-0.2, -0.15) is 10.1 Å². The first-order valence-electron chi connectivity index (χ1n) is 12.5. The number of para-hydroxylation sites is 1. The molecule has 4 aromatic rings. The molecule has 4 rings (SSSR count). The van der Waals surface area contributed by atoms with Gasteiger partial charge in [0.1, 0.15) is 0 Å². The summed E-state index contributed by atoms with van der Waals surface area (Å²) in [6.07, 6.45) is 6.84. The van der Waals surface area contributed by atoms with Gasteiger partial charge in [-0.1, -0.05) is 61.9 Å². The van der Waals surface area contributed by atoms with Crippen LogP contribution < -0.4 is 15.1 Å². The SMILES string of the molecule is CCCN(CCC)c1cc(N/N=C/c2cccc(C)c2)nc(OCCc2c[nH]c3ccccc23)c1. The smallest absolute Gasteiger partial charge is 0.217 e. The minimum atomic E-state index is 0.547. The van der Waals surface area contributed by atoms with Gasteiger partial charge in [-0.25, -0.2) is 0 Å². The zero-order valence-electron chi connectivity index (χ0n) is 20.9. The van der Waals surface area contributed by atoms with E-state index in [0.29, 0.717) is 18.3 Å². The molecule has 6 nitrogen and oxygen atoms in total. The number of benzene rings is 2. The Morgan fingerprint density at radius 2 is 1.86 bits per heavy atom. The second-order valence-electron chi connectivity index (χ2n) is 8.78. The highest BCUT2D eigenvalue weighted by Gasteiger charge is 2.11. The first-order valence-corrected chi connectivity index (χ1v) is 12.5. The van der Waals surface area contributed by atoms with E-state index < -0.39 is 0 Å². The van der Waals surface area contributed by atoms with Crippen molar-refractivity contribution in [2.24, 2.45) is 5.10 Å². The van der Waals surface area contributed by atoms with Crippen molar-refractivity contribution >= 4 is 28.6 Å². The van der Waals surface area contributed by atoms with Gasteiger partial charge in [0, 0.05) is 54.4 Å². The number of rotatable bonds is 12. The molecular weight excluding hydrogens is 434 g/mol. The number of pyridine rings is 1. The molecule has 0 fully saturated rings. The Kier molecular flexibility index (Phi) is 8.39. The molecule has 0 atom stereocenters. The Morgan fingerprint density at radius 3 is 2.66 bits per heavy atom. The first-order chi connectivity index (χ1) is 17.2. The summed E-state index contributed by atoms with van der Waals surface area (Å²) in [5, 5.41) is 5.66. The van der Waals surface area contributed by atoms with Crippen LogP contribution in [0, 0.1) is 6.92 Å². The maximum absolute atomic E-state index is 6.15. The second-order valence-corrected chi connectivity index (χ2v) is 8.78. The van der Waals surface area contributed by atoms with Crippen molar-refractivity contribution in [3.8, 4) is 5.88 Å². The number of hydrogen-bond donors (Lipinski definition) is 2. The molecule has 2 aromatic heterocycles. The predicted molar refractivity (Wildman–Crippen MR) is 147 cm³/mol. The van der Waals surface area contributed by atoms with Crippen molar-refractivity contribution in [3.05, 3.63) is 83.6 Å². The number of nitrogens with zero attached hydrogens (tertiary/aromatic N) is 3. The van der Waals surface area contributed by atoms with E-state index in [1.165, 1.54) is 16.5 Å². The second kappa shape index (κ2) is 12.1. The fourth-order valence-corrected chi connectivity index (χ4v) is 4.24. The van der Waals surface area contributed by atoms with Crippen LogP contribution >= 0.6 is 0 Å². The molecule has 0 aliphatic rings. The monoisotopic (exact) mass is 469 g/mol. The topological polar surface area (TPSA) is 65.5 Å². The van der Waals surface area contributed by atoms with Crippen LogP contribution in [-0.2, 0) is 6.42 Å². The lowest BCUT2D eigenvalue weighted by Crippen LogP contribution is -2.25. The lowest BCUT2D eigenvalue weighted by atomic mass is 10.1. The van der Waals surface area contributed by atoms with E-state index in [4.69, 9.17) is 4.74 Å². The largest absolute Gasteiger partial charge is 0.477 e. The number of hydrazone groups is 1. The van der Waals surface area contributed by atoms with Gasteiger partial charge in [0.25, 0.3) is 0 Å². The summed E-state index contributed by atoms with van der Waals surface area (Å²) in [4.78, 5) is 10.4.